The Morgan fingerprint density at radius 1 is 1.47 bits per heavy atom. The lowest BCUT2D eigenvalue weighted by molar-refractivity contribution is 0.204. The highest BCUT2D eigenvalue weighted by atomic mass is 35.5. The first-order valence-electron chi connectivity index (χ1n) is 6.22. The van der Waals surface area contributed by atoms with Crippen LogP contribution >= 0.6 is 11.6 Å². The number of anilines is 1. The van der Waals surface area contributed by atoms with Gasteiger partial charge >= 0.3 is 0 Å². The maximum atomic E-state index is 6.05. The van der Waals surface area contributed by atoms with E-state index in [4.69, 9.17) is 16.3 Å². The molecule has 2 heterocycles. The Morgan fingerprint density at radius 2 is 2.26 bits per heavy atom. The van der Waals surface area contributed by atoms with Crippen LogP contribution in [0, 0.1) is 5.92 Å². The third-order valence-electron chi connectivity index (χ3n) is 2.68. The fourth-order valence-electron chi connectivity index (χ4n) is 1.94. The number of aromatic nitrogens is 4. The van der Waals surface area contributed by atoms with Gasteiger partial charge in [-0.05, 0) is 5.92 Å². The molecule has 0 spiro atoms. The molecular weight excluding hydrogens is 266 g/mol. The van der Waals surface area contributed by atoms with Gasteiger partial charge in [0.05, 0.1) is 6.61 Å². The SMILES string of the molecule is COCCN(CC(C)C)c1cc(Cl)nc2ncnn12. The number of methoxy groups -OCH3 is 1. The summed E-state index contributed by atoms with van der Waals surface area (Å²) in [5, 5.41) is 4.62. The molecule has 0 amide bonds. The number of rotatable bonds is 6. The van der Waals surface area contributed by atoms with E-state index in [0.717, 1.165) is 18.9 Å². The van der Waals surface area contributed by atoms with Crippen molar-refractivity contribution in [3.63, 3.8) is 0 Å². The molecule has 7 heteroatoms. The van der Waals surface area contributed by atoms with Crippen LogP contribution in [0.25, 0.3) is 5.78 Å². The predicted molar refractivity (Wildman–Crippen MR) is 74.7 cm³/mol. The number of hydrogen-bond acceptors (Lipinski definition) is 5. The molecule has 0 atom stereocenters. The molecule has 0 aliphatic heterocycles. The zero-order chi connectivity index (χ0) is 13.8. The summed E-state index contributed by atoms with van der Waals surface area (Å²) in [4.78, 5) is 10.4. The molecule has 0 N–H and O–H groups in total. The number of halogens is 1. The molecule has 0 aliphatic rings. The second-order valence-corrected chi connectivity index (χ2v) is 5.13. The summed E-state index contributed by atoms with van der Waals surface area (Å²) in [6.07, 6.45) is 1.48. The van der Waals surface area contributed by atoms with E-state index < -0.39 is 0 Å². The van der Waals surface area contributed by atoms with Gasteiger partial charge in [0.15, 0.2) is 0 Å². The van der Waals surface area contributed by atoms with E-state index in [2.05, 4.69) is 33.8 Å². The van der Waals surface area contributed by atoms with E-state index in [0.29, 0.717) is 23.5 Å². The van der Waals surface area contributed by atoms with Gasteiger partial charge in [-0.1, -0.05) is 25.4 Å². The third-order valence-corrected chi connectivity index (χ3v) is 2.87. The zero-order valence-electron chi connectivity index (χ0n) is 11.4. The van der Waals surface area contributed by atoms with Gasteiger partial charge in [0.25, 0.3) is 5.78 Å². The summed E-state index contributed by atoms with van der Waals surface area (Å²) in [7, 11) is 1.69. The summed E-state index contributed by atoms with van der Waals surface area (Å²) >= 11 is 6.05. The molecule has 0 aliphatic carbocycles. The van der Waals surface area contributed by atoms with Crippen molar-refractivity contribution in [2.24, 2.45) is 5.92 Å². The summed E-state index contributed by atoms with van der Waals surface area (Å²) < 4.78 is 6.86. The average molecular weight is 284 g/mol. The molecule has 0 saturated heterocycles. The molecule has 104 valence electrons. The Morgan fingerprint density at radius 3 is 2.95 bits per heavy atom. The third kappa shape index (κ3) is 3.33. The minimum absolute atomic E-state index is 0.418. The summed E-state index contributed by atoms with van der Waals surface area (Å²) in [5.74, 6) is 1.91. The van der Waals surface area contributed by atoms with Crippen LogP contribution in [-0.2, 0) is 4.74 Å². The van der Waals surface area contributed by atoms with Gasteiger partial charge in [-0.15, -0.1) is 0 Å². The molecule has 19 heavy (non-hydrogen) atoms. The Labute approximate surface area is 117 Å². The molecule has 2 rings (SSSR count). The monoisotopic (exact) mass is 283 g/mol. The fourth-order valence-corrected chi connectivity index (χ4v) is 2.11. The first-order valence-corrected chi connectivity index (χ1v) is 6.59. The van der Waals surface area contributed by atoms with Crippen LogP contribution in [0.1, 0.15) is 13.8 Å². The summed E-state index contributed by atoms with van der Waals surface area (Å²) in [6, 6.07) is 1.81. The standard InChI is InChI=1S/C12H18ClN5O/c1-9(2)7-17(4-5-19-3)11-6-10(13)16-12-14-8-15-18(11)12/h6,8-9H,4-5,7H2,1-3H3. The van der Waals surface area contributed by atoms with Crippen LogP contribution in [0.5, 0.6) is 0 Å². The first-order chi connectivity index (χ1) is 9.11. The molecule has 2 aromatic heterocycles. The Bertz CT molecular complexity index is 542. The van der Waals surface area contributed by atoms with E-state index >= 15 is 0 Å². The Balaban J connectivity index is 2.38. The lowest BCUT2D eigenvalue weighted by Gasteiger charge is -2.26. The quantitative estimate of drug-likeness (QED) is 0.758. The van der Waals surface area contributed by atoms with Crippen LogP contribution in [0.4, 0.5) is 5.82 Å². The predicted octanol–water partition coefficient (Wildman–Crippen LogP) is 1.89. The van der Waals surface area contributed by atoms with Crippen molar-refractivity contribution < 1.29 is 4.74 Å². The molecule has 0 saturated carbocycles. The van der Waals surface area contributed by atoms with Gasteiger partial charge in [0, 0.05) is 26.3 Å². The van der Waals surface area contributed by atoms with Crippen molar-refractivity contribution in [2.75, 3.05) is 31.7 Å². The van der Waals surface area contributed by atoms with Crippen molar-refractivity contribution in [2.45, 2.75) is 13.8 Å². The molecule has 2 aromatic rings. The highest BCUT2D eigenvalue weighted by Gasteiger charge is 2.15. The maximum Gasteiger partial charge on any atom is 0.255 e. The number of nitrogens with zero attached hydrogens (tertiary/aromatic N) is 5. The van der Waals surface area contributed by atoms with Crippen molar-refractivity contribution in [1.82, 2.24) is 19.6 Å². The molecule has 0 aromatic carbocycles. The maximum absolute atomic E-state index is 6.05. The largest absolute Gasteiger partial charge is 0.383 e. The van der Waals surface area contributed by atoms with E-state index in [9.17, 15) is 0 Å². The lowest BCUT2D eigenvalue weighted by atomic mass is 10.2. The smallest absolute Gasteiger partial charge is 0.255 e. The van der Waals surface area contributed by atoms with E-state index in [-0.39, 0.29) is 0 Å². The van der Waals surface area contributed by atoms with Crippen LogP contribution in [0.3, 0.4) is 0 Å². The minimum Gasteiger partial charge on any atom is -0.383 e. The fraction of sp³-hybridized carbons (Fsp3) is 0.583. The highest BCUT2D eigenvalue weighted by molar-refractivity contribution is 6.29. The minimum atomic E-state index is 0.418. The molecule has 0 bridgehead atoms. The van der Waals surface area contributed by atoms with Gasteiger partial charge in [-0.25, -0.2) is 0 Å². The normalized spacial score (nSPS) is 11.4. The molecule has 0 unspecified atom stereocenters. The number of fused-ring (bicyclic) bond motifs is 1. The van der Waals surface area contributed by atoms with Crippen LogP contribution in [-0.4, -0.2) is 46.4 Å². The molecule has 6 nitrogen and oxygen atoms in total. The zero-order valence-corrected chi connectivity index (χ0v) is 12.1. The van der Waals surface area contributed by atoms with Gasteiger partial charge in [0.2, 0.25) is 0 Å². The van der Waals surface area contributed by atoms with E-state index in [1.165, 1.54) is 6.33 Å². The number of ether oxygens (including phenoxy) is 1. The van der Waals surface area contributed by atoms with Crippen LogP contribution in [0.15, 0.2) is 12.4 Å². The first kappa shape index (κ1) is 14.0. The van der Waals surface area contributed by atoms with Gasteiger partial charge < -0.3 is 9.64 Å². The summed E-state index contributed by atoms with van der Waals surface area (Å²) in [5.41, 5.74) is 0. The van der Waals surface area contributed by atoms with E-state index in [1.54, 1.807) is 17.7 Å². The van der Waals surface area contributed by atoms with Crippen LogP contribution in [0.2, 0.25) is 5.15 Å². The summed E-state index contributed by atoms with van der Waals surface area (Å²) in [6.45, 7) is 6.63. The van der Waals surface area contributed by atoms with Crippen molar-refractivity contribution in [3.05, 3.63) is 17.5 Å². The second kappa shape index (κ2) is 6.16. The number of hydrogen-bond donors (Lipinski definition) is 0. The Kier molecular flexibility index (Phi) is 4.55. The van der Waals surface area contributed by atoms with Crippen molar-refractivity contribution >= 4 is 23.2 Å². The van der Waals surface area contributed by atoms with Crippen molar-refractivity contribution in [3.8, 4) is 0 Å². The lowest BCUT2D eigenvalue weighted by Crippen LogP contribution is -2.32. The van der Waals surface area contributed by atoms with Gasteiger partial charge in [-0.2, -0.15) is 19.6 Å². The van der Waals surface area contributed by atoms with Gasteiger partial charge in [0.1, 0.15) is 17.3 Å². The average Bonchev–Trinajstić information content (AvgIpc) is 2.80. The van der Waals surface area contributed by atoms with Crippen LogP contribution < -0.4 is 4.90 Å². The van der Waals surface area contributed by atoms with E-state index in [1.807, 2.05) is 0 Å². The highest BCUT2D eigenvalue weighted by Crippen LogP contribution is 2.19. The van der Waals surface area contributed by atoms with Gasteiger partial charge in [-0.3, -0.25) is 0 Å². The molecule has 0 radical (unpaired) electrons. The second-order valence-electron chi connectivity index (χ2n) is 4.74. The molecule has 0 fully saturated rings. The van der Waals surface area contributed by atoms with Crippen molar-refractivity contribution in [1.29, 1.82) is 0 Å². The Hall–Kier alpha value is -1.40. The molecular formula is C12H18ClN5O. The topological polar surface area (TPSA) is 55.5 Å².